The number of ketones is 1. The summed E-state index contributed by atoms with van der Waals surface area (Å²) in [6.07, 6.45) is 3.24. The number of ether oxygens (including phenoxy) is 1. The van der Waals surface area contributed by atoms with Crippen LogP contribution in [0.25, 0.3) is 0 Å². The van der Waals surface area contributed by atoms with Crippen LogP contribution in [-0.4, -0.2) is 18.9 Å². The maximum absolute atomic E-state index is 12.1. The topological polar surface area (TPSA) is 43.4 Å². The summed E-state index contributed by atoms with van der Waals surface area (Å²) in [7, 11) is 1.41. The predicted molar refractivity (Wildman–Crippen MR) is 68.2 cm³/mol. The molecular weight excluding hydrogens is 228 g/mol. The van der Waals surface area contributed by atoms with Gasteiger partial charge in [0.05, 0.1) is 13.0 Å². The van der Waals surface area contributed by atoms with Crippen molar-refractivity contribution in [2.24, 2.45) is 11.8 Å². The minimum Gasteiger partial charge on any atom is -0.469 e. The van der Waals surface area contributed by atoms with Gasteiger partial charge in [-0.05, 0) is 18.8 Å². The van der Waals surface area contributed by atoms with Gasteiger partial charge < -0.3 is 4.74 Å². The quantitative estimate of drug-likeness (QED) is 0.606. The first-order chi connectivity index (χ1) is 8.72. The average Bonchev–Trinajstić information content (AvgIpc) is 2.87. The number of rotatable bonds is 4. The van der Waals surface area contributed by atoms with Crippen molar-refractivity contribution in [3.05, 3.63) is 35.9 Å². The van der Waals surface area contributed by atoms with Crippen molar-refractivity contribution in [1.82, 2.24) is 0 Å². The summed E-state index contributed by atoms with van der Waals surface area (Å²) in [4.78, 5) is 23.7. The Bertz CT molecular complexity index is 425. The van der Waals surface area contributed by atoms with Gasteiger partial charge in [0.2, 0.25) is 0 Å². The number of carbonyl (C=O) groups is 2. The van der Waals surface area contributed by atoms with E-state index in [1.54, 1.807) is 0 Å². The first kappa shape index (κ1) is 12.8. The first-order valence-electron chi connectivity index (χ1n) is 6.38. The summed E-state index contributed by atoms with van der Waals surface area (Å²) < 4.78 is 4.80. The van der Waals surface area contributed by atoms with Crippen LogP contribution in [0.15, 0.2) is 30.3 Å². The molecule has 96 valence electrons. The van der Waals surface area contributed by atoms with E-state index in [4.69, 9.17) is 4.74 Å². The number of hydrogen-bond acceptors (Lipinski definition) is 3. The maximum atomic E-state index is 12.1. The van der Waals surface area contributed by atoms with Gasteiger partial charge in [0, 0.05) is 12.0 Å². The fraction of sp³-hybridized carbons (Fsp3) is 0.467. The van der Waals surface area contributed by atoms with E-state index < -0.39 is 0 Å². The van der Waals surface area contributed by atoms with Crippen molar-refractivity contribution in [3.8, 4) is 0 Å². The summed E-state index contributed by atoms with van der Waals surface area (Å²) in [5, 5.41) is 0. The lowest BCUT2D eigenvalue weighted by atomic mass is 9.89. The second-order valence-electron chi connectivity index (χ2n) is 4.81. The van der Waals surface area contributed by atoms with Crippen molar-refractivity contribution in [1.29, 1.82) is 0 Å². The van der Waals surface area contributed by atoms with Crippen molar-refractivity contribution < 1.29 is 14.3 Å². The van der Waals surface area contributed by atoms with Crippen LogP contribution < -0.4 is 0 Å². The Kier molecular flexibility index (Phi) is 4.13. The monoisotopic (exact) mass is 246 g/mol. The van der Waals surface area contributed by atoms with Crippen molar-refractivity contribution in [2.75, 3.05) is 7.11 Å². The molecule has 0 bridgehead atoms. The second kappa shape index (κ2) is 5.80. The highest BCUT2D eigenvalue weighted by Gasteiger charge is 2.34. The molecule has 0 N–H and O–H groups in total. The summed E-state index contributed by atoms with van der Waals surface area (Å²) >= 11 is 0. The van der Waals surface area contributed by atoms with Crippen LogP contribution in [0.2, 0.25) is 0 Å². The molecule has 3 heteroatoms. The van der Waals surface area contributed by atoms with Crippen molar-refractivity contribution in [2.45, 2.75) is 25.7 Å². The summed E-state index contributed by atoms with van der Waals surface area (Å²) in [6.45, 7) is 0. The fourth-order valence-electron chi connectivity index (χ4n) is 2.72. The summed E-state index contributed by atoms with van der Waals surface area (Å²) in [5.74, 6) is 0.00239. The Morgan fingerprint density at radius 2 is 1.94 bits per heavy atom. The van der Waals surface area contributed by atoms with E-state index in [0.29, 0.717) is 6.42 Å². The smallest absolute Gasteiger partial charge is 0.308 e. The van der Waals surface area contributed by atoms with Crippen molar-refractivity contribution >= 4 is 11.8 Å². The molecule has 1 aromatic carbocycles. The highest BCUT2D eigenvalue weighted by Crippen LogP contribution is 2.35. The molecule has 3 nitrogen and oxygen atoms in total. The Labute approximate surface area is 107 Å². The normalized spacial score (nSPS) is 22.7. The summed E-state index contributed by atoms with van der Waals surface area (Å²) in [5.41, 5.74) is 0.730. The van der Waals surface area contributed by atoms with E-state index in [0.717, 1.165) is 24.8 Å². The maximum Gasteiger partial charge on any atom is 0.308 e. The van der Waals surface area contributed by atoms with Crippen LogP contribution >= 0.6 is 0 Å². The minimum absolute atomic E-state index is 0.0948. The Morgan fingerprint density at radius 3 is 2.61 bits per heavy atom. The lowest BCUT2D eigenvalue weighted by Gasteiger charge is -2.16. The largest absolute Gasteiger partial charge is 0.469 e. The van der Waals surface area contributed by atoms with Crippen LogP contribution in [-0.2, 0) is 9.53 Å². The van der Waals surface area contributed by atoms with Crippen LogP contribution in [0, 0.1) is 11.8 Å². The number of benzene rings is 1. The highest BCUT2D eigenvalue weighted by molar-refractivity contribution is 5.96. The molecular formula is C15H18O3. The van der Waals surface area contributed by atoms with Crippen LogP contribution in [0.4, 0.5) is 0 Å². The van der Waals surface area contributed by atoms with Gasteiger partial charge in [0.15, 0.2) is 5.78 Å². The number of Topliss-reactive ketones (excluding diaryl/α,β-unsaturated/α-hetero) is 1. The number of esters is 1. The molecule has 0 aliphatic heterocycles. The molecule has 0 unspecified atom stereocenters. The zero-order valence-electron chi connectivity index (χ0n) is 10.6. The van der Waals surface area contributed by atoms with E-state index >= 15 is 0 Å². The van der Waals surface area contributed by atoms with Gasteiger partial charge in [-0.25, -0.2) is 0 Å². The zero-order chi connectivity index (χ0) is 13.0. The van der Waals surface area contributed by atoms with Gasteiger partial charge in [-0.3, -0.25) is 9.59 Å². The van der Waals surface area contributed by atoms with E-state index in [9.17, 15) is 9.59 Å². The van der Waals surface area contributed by atoms with E-state index in [1.165, 1.54) is 7.11 Å². The SMILES string of the molecule is COC(=O)[C@H]1CCC[C@@H]1CC(=O)c1ccccc1. The molecule has 0 amide bonds. The van der Waals surface area contributed by atoms with Crippen LogP contribution in [0.3, 0.4) is 0 Å². The number of carbonyl (C=O) groups excluding carboxylic acids is 2. The first-order valence-corrected chi connectivity index (χ1v) is 6.38. The van der Waals surface area contributed by atoms with Crippen LogP contribution in [0.1, 0.15) is 36.0 Å². The highest BCUT2D eigenvalue weighted by atomic mass is 16.5. The van der Waals surface area contributed by atoms with Crippen LogP contribution in [0.5, 0.6) is 0 Å². The third-order valence-corrected chi connectivity index (χ3v) is 3.71. The molecule has 1 aromatic rings. The lowest BCUT2D eigenvalue weighted by Crippen LogP contribution is -2.22. The molecule has 2 atom stereocenters. The molecule has 1 saturated carbocycles. The third-order valence-electron chi connectivity index (χ3n) is 3.71. The average molecular weight is 246 g/mol. The Hall–Kier alpha value is -1.64. The van der Waals surface area contributed by atoms with E-state index in [-0.39, 0.29) is 23.6 Å². The molecule has 0 spiro atoms. The molecule has 0 heterocycles. The van der Waals surface area contributed by atoms with Gasteiger partial charge in [0.25, 0.3) is 0 Å². The molecule has 0 radical (unpaired) electrons. The Morgan fingerprint density at radius 1 is 1.22 bits per heavy atom. The Balaban J connectivity index is 2.01. The zero-order valence-corrected chi connectivity index (χ0v) is 10.6. The molecule has 1 aliphatic carbocycles. The van der Waals surface area contributed by atoms with Gasteiger partial charge in [-0.15, -0.1) is 0 Å². The van der Waals surface area contributed by atoms with Gasteiger partial charge >= 0.3 is 5.97 Å². The standard InChI is InChI=1S/C15H18O3/c1-18-15(17)13-9-5-8-12(13)10-14(16)11-6-3-2-4-7-11/h2-4,6-7,12-13H,5,8-10H2,1H3/t12-,13+/m1/s1. The van der Waals surface area contributed by atoms with Gasteiger partial charge in [-0.1, -0.05) is 36.8 Å². The molecule has 0 aromatic heterocycles. The lowest BCUT2D eigenvalue weighted by molar-refractivity contribution is -0.146. The summed E-state index contributed by atoms with van der Waals surface area (Å²) in [6, 6.07) is 9.26. The molecule has 1 fully saturated rings. The van der Waals surface area contributed by atoms with Gasteiger partial charge in [0.1, 0.15) is 0 Å². The third kappa shape index (κ3) is 2.78. The molecule has 0 saturated heterocycles. The van der Waals surface area contributed by atoms with Gasteiger partial charge in [-0.2, -0.15) is 0 Å². The predicted octanol–water partition coefficient (Wildman–Crippen LogP) is 2.85. The minimum atomic E-state index is -0.168. The molecule has 1 aliphatic rings. The number of hydrogen-bond donors (Lipinski definition) is 0. The van der Waals surface area contributed by atoms with Crippen molar-refractivity contribution in [3.63, 3.8) is 0 Å². The fourth-order valence-corrected chi connectivity index (χ4v) is 2.72. The number of methoxy groups -OCH3 is 1. The molecule has 18 heavy (non-hydrogen) atoms. The second-order valence-corrected chi connectivity index (χ2v) is 4.81. The molecule has 2 rings (SSSR count). The van der Waals surface area contributed by atoms with E-state index in [1.807, 2.05) is 30.3 Å². The van der Waals surface area contributed by atoms with E-state index in [2.05, 4.69) is 0 Å².